The Morgan fingerprint density at radius 3 is 1.07 bits per heavy atom. The third-order valence-corrected chi connectivity index (χ3v) is 6.63. The van der Waals surface area contributed by atoms with Crippen LogP contribution in [0.25, 0.3) is 0 Å². The molecule has 0 saturated carbocycles. The number of rotatable bonds is 4. The van der Waals surface area contributed by atoms with E-state index in [1.54, 1.807) is 0 Å². The van der Waals surface area contributed by atoms with E-state index in [-0.39, 0.29) is 34.4 Å². The van der Waals surface area contributed by atoms with E-state index in [9.17, 15) is 10.4 Å². The molecule has 0 unspecified atom stereocenters. The molecule has 0 aromatic heterocycles. The van der Waals surface area contributed by atoms with Gasteiger partial charge in [-0.15, -0.1) is 0 Å². The van der Waals surface area contributed by atoms with Crippen molar-refractivity contribution in [2.75, 3.05) is 0 Å². The van der Waals surface area contributed by atoms with Crippen LogP contribution in [-0.2, 0) is 0 Å². The molecule has 170 valence electrons. The third-order valence-electron chi connectivity index (χ3n) is 6.63. The van der Waals surface area contributed by atoms with Crippen molar-refractivity contribution in [1.82, 2.24) is 10.1 Å². The minimum atomic E-state index is -0.337. The number of ether oxygens (including phenoxy) is 2. The van der Waals surface area contributed by atoms with Gasteiger partial charge in [0.15, 0.2) is 0 Å². The summed E-state index contributed by atoms with van der Waals surface area (Å²) in [6, 6.07) is 7.83. The first-order valence-electron chi connectivity index (χ1n) is 11.0. The Balaban J connectivity index is 1.63. The van der Waals surface area contributed by atoms with Crippen LogP contribution in [0.1, 0.15) is 81.1 Å². The van der Waals surface area contributed by atoms with Crippen molar-refractivity contribution >= 4 is 0 Å². The summed E-state index contributed by atoms with van der Waals surface area (Å²) in [5, 5.41) is 23.9. The predicted octanol–water partition coefficient (Wildman–Crippen LogP) is 5.27. The number of hydrogen-bond donors (Lipinski definition) is 2. The highest BCUT2D eigenvalue weighted by Gasteiger charge is 2.47. The highest BCUT2D eigenvalue weighted by atomic mass is 16.5. The maximum Gasteiger partial charge on any atom is 0.119 e. The second-order valence-electron chi connectivity index (χ2n) is 11.6. The molecule has 2 aliphatic rings. The largest absolute Gasteiger partial charge is 0.490 e. The van der Waals surface area contributed by atoms with Gasteiger partial charge in [0, 0.05) is 47.8 Å². The lowest BCUT2D eigenvalue weighted by Crippen LogP contribution is -2.61. The number of nitrogens with zero attached hydrogens (tertiary/aromatic N) is 2. The first-order chi connectivity index (χ1) is 13.6. The first-order valence-corrected chi connectivity index (χ1v) is 11.0. The van der Waals surface area contributed by atoms with Crippen LogP contribution in [-0.4, -0.2) is 54.9 Å². The van der Waals surface area contributed by atoms with Gasteiger partial charge < -0.3 is 19.9 Å². The Morgan fingerprint density at radius 2 is 0.833 bits per heavy atom. The molecular weight excluding hydrogens is 380 g/mol. The van der Waals surface area contributed by atoms with Crippen molar-refractivity contribution in [1.29, 1.82) is 0 Å². The van der Waals surface area contributed by atoms with Crippen molar-refractivity contribution in [2.45, 2.75) is 115 Å². The summed E-state index contributed by atoms with van der Waals surface area (Å²) < 4.78 is 12.5. The second-order valence-corrected chi connectivity index (χ2v) is 11.6. The molecule has 0 radical (unpaired) electrons. The summed E-state index contributed by atoms with van der Waals surface area (Å²) in [6.45, 7) is 16.3. The number of benzene rings is 1. The molecular formula is C24H40N2O4. The predicted molar refractivity (Wildman–Crippen MR) is 117 cm³/mol. The van der Waals surface area contributed by atoms with E-state index < -0.39 is 0 Å². The molecule has 6 nitrogen and oxygen atoms in total. The molecule has 0 amide bonds. The van der Waals surface area contributed by atoms with Crippen molar-refractivity contribution in [3.63, 3.8) is 0 Å². The molecule has 0 aliphatic carbocycles. The van der Waals surface area contributed by atoms with Gasteiger partial charge in [-0.2, -0.15) is 10.1 Å². The summed E-state index contributed by atoms with van der Waals surface area (Å²) in [7, 11) is 0. The third kappa shape index (κ3) is 4.77. The normalized spacial score (nSPS) is 27.0. The Labute approximate surface area is 181 Å². The molecule has 30 heavy (non-hydrogen) atoms. The Morgan fingerprint density at radius 1 is 0.600 bits per heavy atom. The summed E-state index contributed by atoms with van der Waals surface area (Å²) in [6.07, 6.45) is 3.12. The average molecular weight is 421 g/mol. The molecule has 0 spiro atoms. The van der Waals surface area contributed by atoms with Crippen LogP contribution in [0.2, 0.25) is 0 Å². The maximum absolute atomic E-state index is 10.5. The monoisotopic (exact) mass is 420 g/mol. The molecule has 3 rings (SSSR count). The van der Waals surface area contributed by atoms with E-state index in [0.29, 0.717) is 0 Å². The molecule has 1 aromatic carbocycles. The van der Waals surface area contributed by atoms with Crippen LogP contribution in [0.15, 0.2) is 24.3 Å². The highest BCUT2D eigenvalue weighted by Crippen LogP contribution is 2.40. The average Bonchev–Trinajstić information content (AvgIpc) is 2.58. The SMILES string of the molecule is CC1(C)CC(Oc2ccc(OC3CC(C)(C)N(O)C(C)(C)C3)cc2)CC(C)(C)N1O. The fourth-order valence-corrected chi connectivity index (χ4v) is 5.51. The van der Waals surface area contributed by atoms with Crippen LogP contribution in [0.4, 0.5) is 0 Å². The van der Waals surface area contributed by atoms with Gasteiger partial charge in [0.1, 0.15) is 23.7 Å². The first kappa shape index (κ1) is 23.3. The van der Waals surface area contributed by atoms with Gasteiger partial charge in [-0.3, -0.25) is 0 Å². The van der Waals surface area contributed by atoms with E-state index in [4.69, 9.17) is 9.47 Å². The number of piperidine rings is 2. The zero-order valence-corrected chi connectivity index (χ0v) is 19.9. The topological polar surface area (TPSA) is 65.4 Å². The molecule has 2 saturated heterocycles. The van der Waals surface area contributed by atoms with Gasteiger partial charge in [-0.25, -0.2) is 0 Å². The van der Waals surface area contributed by atoms with Crippen LogP contribution in [0, 0.1) is 0 Å². The molecule has 2 heterocycles. The highest BCUT2D eigenvalue weighted by molar-refractivity contribution is 5.32. The maximum atomic E-state index is 10.5. The fourth-order valence-electron chi connectivity index (χ4n) is 5.51. The fraction of sp³-hybridized carbons (Fsp3) is 0.750. The van der Waals surface area contributed by atoms with Crippen molar-refractivity contribution in [3.05, 3.63) is 24.3 Å². The Bertz CT molecular complexity index is 643. The van der Waals surface area contributed by atoms with E-state index in [1.165, 1.54) is 10.1 Å². The second kappa shape index (κ2) is 7.66. The minimum absolute atomic E-state index is 0.0423. The molecule has 0 atom stereocenters. The van der Waals surface area contributed by atoms with Crippen LogP contribution < -0.4 is 9.47 Å². The minimum Gasteiger partial charge on any atom is -0.490 e. The molecule has 1 aromatic rings. The van der Waals surface area contributed by atoms with Gasteiger partial charge >= 0.3 is 0 Å². The van der Waals surface area contributed by atoms with Gasteiger partial charge in [0.2, 0.25) is 0 Å². The number of hydroxylamine groups is 4. The Kier molecular flexibility index (Phi) is 5.96. The smallest absolute Gasteiger partial charge is 0.119 e. The molecule has 6 heteroatoms. The molecule has 2 N–H and O–H groups in total. The zero-order chi connectivity index (χ0) is 22.5. The summed E-state index contributed by atoms with van der Waals surface area (Å²) in [5.41, 5.74) is -1.35. The lowest BCUT2D eigenvalue weighted by Gasteiger charge is -2.51. The zero-order valence-electron chi connectivity index (χ0n) is 19.9. The summed E-state index contributed by atoms with van der Waals surface area (Å²) >= 11 is 0. The lowest BCUT2D eigenvalue weighted by atomic mass is 9.80. The van der Waals surface area contributed by atoms with E-state index in [1.807, 2.05) is 79.7 Å². The summed E-state index contributed by atoms with van der Waals surface area (Å²) in [4.78, 5) is 0. The van der Waals surface area contributed by atoms with Crippen LogP contribution >= 0.6 is 0 Å². The van der Waals surface area contributed by atoms with Gasteiger partial charge in [0.05, 0.1) is 0 Å². The lowest BCUT2D eigenvalue weighted by molar-refractivity contribution is -0.255. The molecule has 0 bridgehead atoms. The van der Waals surface area contributed by atoms with Gasteiger partial charge in [-0.05, 0) is 79.7 Å². The van der Waals surface area contributed by atoms with E-state index >= 15 is 0 Å². The molecule has 2 fully saturated rings. The quantitative estimate of drug-likeness (QED) is 0.692. The van der Waals surface area contributed by atoms with Crippen LogP contribution in [0.3, 0.4) is 0 Å². The molecule has 2 aliphatic heterocycles. The van der Waals surface area contributed by atoms with E-state index in [0.717, 1.165) is 37.2 Å². The van der Waals surface area contributed by atoms with Gasteiger partial charge in [-0.1, -0.05) is 0 Å². The van der Waals surface area contributed by atoms with Crippen LogP contribution in [0.5, 0.6) is 11.5 Å². The van der Waals surface area contributed by atoms with Crippen molar-refractivity contribution in [3.8, 4) is 11.5 Å². The van der Waals surface area contributed by atoms with Crippen molar-refractivity contribution < 1.29 is 19.9 Å². The Hall–Kier alpha value is -1.34. The summed E-state index contributed by atoms with van der Waals surface area (Å²) in [5.74, 6) is 1.63. The van der Waals surface area contributed by atoms with E-state index in [2.05, 4.69) is 0 Å². The number of hydrogen-bond acceptors (Lipinski definition) is 6. The van der Waals surface area contributed by atoms with Crippen molar-refractivity contribution in [2.24, 2.45) is 0 Å². The standard InChI is InChI=1S/C24H40N2O4/c1-21(2)13-19(14-22(3,4)25(21)27)29-17-9-11-18(12-10-17)30-20-15-23(5,6)26(28)24(7,8)16-20/h9-12,19-20,27-28H,13-16H2,1-8H3. The van der Waals surface area contributed by atoms with Gasteiger partial charge in [0.25, 0.3) is 0 Å².